The fraction of sp³-hybridized carbons (Fsp3) is 0.200. The van der Waals surface area contributed by atoms with E-state index in [1.807, 2.05) is 18.4 Å². The Morgan fingerprint density at radius 1 is 1.15 bits per heavy atom. The average Bonchev–Trinajstić information content (AvgIpc) is 3.25. The second-order valence-electron chi connectivity index (χ2n) is 5.97. The second-order valence-corrected chi connectivity index (χ2v) is 5.97. The van der Waals surface area contributed by atoms with Gasteiger partial charge in [-0.25, -0.2) is 9.18 Å². The summed E-state index contributed by atoms with van der Waals surface area (Å²) in [5.74, 6) is -1.20. The fourth-order valence-corrected chi connectivity index (χ4v) is 2.77. The lowest BCUT2D eigenvalue weighted by Gasteiger charge is -2.10. The van der Waals surface area contributed by atoms with Gasteiger partial charge >= 0.3 is 5.97 Å². The molecule has 0 amide bonds. The van der Waals surface area contributed by atoms with E-state index in [0.717, 1.165) is 17.0 Å². The van der Waals surface area contributed by atoms with Gasteiger partial charge in [0.15, 0.2) is 6.61 Å². The lowest BCUT2D eigenvalue weighted by atomic mass is 10.1. The van der Waals surface area contributed by atoms with E-state index in [0.29, 0.717) is 12.1 Å². The first-order valence-corrected chi connectivity index (χ1v) is 8.10. The maximum atomic E-state index is 13.0. The first kappa shape index (κ1) is 17.7. The molecule has 3 rings (SSSR count). The number of Topliss-reactive ketones (excluding diaryl/α,β-unsaturated/α-hetero) is 1. The van der Waals surface area contributed by atoms with Crippen molar-refractivity contribution in [1.29, 1.82) is 0 Å². The standard InChI is InChI=1S/C20H18FNO4/c1-13-10-17(18(23)12-26-20(24)19-4-3-9-25-19)14(2)22(13)11-15-5-7-16(21)8-6-15/h3-10H,11-12H2,1-2H3. The number of benzene rings is 1. The molecule has 0 aliphatic rings. The number of carbonyl (C=O) groups excluding carboxylic acids is 2. The Balaban J connectivity index is 1.71. The summed E-state index contributed by atoms with van der Waals surface area (Å²) in [5, 5.41) is 0. The van der Waals surface area contributed by atoms with Crippen molar-refractivity contribution in [3.63, 3.8) is 0 Å². The van der Waals surface area contributed by atoms with Gasteiger partial charge in [-0.3, -0.25) is 4.79 Å². The van der Waals surface area contributed by atoms with Crippen molar-refractivity contribution in [2.75, 3.05) is 6.61 Å². The first-order valence-electron chi connectivity index (χ1n) is 8.10. The van der Waals surface area contributed by atoms with E-state index in [2.05, 4.69) is 0 Å². The summed E-state index contributed by atoms with van der Waals surface area (Å²) in [5.41, 5.74) is 3.09. The van der Waals surface area contributed by atoms with Gasteiger partial charge in [-0.05, 0) is 49.7 Å². The molecule has 0 aliphatic carbocycles. The van der Waals surface area contributed by atoms with Gasteiger partial charge in [0.25, 0.3) is 0 Å². The highest BCUT2D eigenvalue weighted by Gasteiger charge is 2.18. The molecule has 0 aliphatic heterocycles. The van der Waals surface area contributed by atoms with E-state index < -0.39 is 5.97 Å². The number of aromatic nitrogens is 1. The van der Waals surface area contributed by atoms with Gasteiger partial charge in [0.2, 0.25) is 11.5 Å². The normalized spacial score (nSPS) is 10.7. The van der Waals surface area contributed by atoms with Crippen LogP contribution in [0.3, 0.4) is 0 Å². The van der Waals surface area contributed by atoms with Gasteiger partial charge in [0, 0.05) is 23.5 Å². The van der Waals surface area contributed by atoms with Crippen LogP contribution in [0.2, 0.25) is 0 Å². The van der Waals surface area contributed by atoms with Crippen LogP contribution in [0.25, 0.3) is 0 Å². The zero-order valence-corrected chi connectivity index (χ0v) is 14.5. The third-order valence-electron chi connectivity index (χ3n) is 4.18. The Morgan fingerprint density at radius 2 is 1.88 bits per heavy atom. The number of hydrogen-bond acceptors (Lipinski definition) is 4. The van der Waals surface area contributed by atoms with Gasteiger partial charge in [-0.1, -0.05) is 12.1 Å². The molecule has 0 spiro atoms. The summed E-state index contributed by atoms with van der Waals surface area (Å²) < 4.78 is 25.0. The predicted octanol–water partition coefficient (Wildman–Crippen LogP) is 3.93. The van der Waals surface area contributed by atoms with Crippen LogP contribution < -0.4 is 0 Å². The van der Waals surface area contributed by atoms with Crippen molar-refractivity contribution in [2.45, 2.75) is 20.4 Å². The van der Waals surface area contributed by atoms with Gasteiger partial charge < -0.3 is 13.7 Å². The molecular weight excluding hydrogens is 337 g/mol. The number of rotatable bonds is 6. The Bertz CT molecular complexity index is 924. The van der Waals surface area contributed by atoms with Crippen LogP contribution in [0.5, 0.6) is 0 Å². The molecule has 2 aromatic heterocycles. The number of carbonyl (C=O) groups is 2. The second kappa shape index (κ2) is 7.39. The highest BCUT2D eigenvalue weighted by atomic mass is 19.1. The SMILES string of the molecule is Cc1cc(C(=O)COC(=O)c2ccco2)c(C)n1Cc1ccc(F)cc1. The number of ether oxygens (including phenoxy) is 1. The van der Waals surface area contributed by atoms with Gasteiger partial charge in [0.05, 0.1) is 6.26 Å². The number of nitrogens with zero attached hydrogens (tertiary/aromatic N) is 1. The highest BCUT2D eigenvalue weighted by Crippen LogP contribution is 2.18. The Hall–Kier alpha value is -3.15. The van der Waals surface area contributed by atoms with Crippen LogP contribution in [-0.4, -0.2) is 22.9 Å². The van der Waals surface area contributed by atoms with Gasteiger partial charge in [-0.2, -0.15) is 0 Å². The highest BCUT2D eigenvalue weighted by molar-refractivity contribution is 6.00. The topological polar surface area (TPSA) is 61.4 Å². The van der Waals surface area contributed by atoms with Gasteiger partial charge in [-0.15, -0.1) is 0 Å². The molecule has 0 N–H and O–H groups in total. The summed E-state index contributed by atoms with van der Waals surface area (Å²) in [6.45, 7) is 3.89. The fourth-order valence-electron chi connectivity index (χ4n) is 2.77. The molecular formula is C20H18FNO4. The van der Waals surface area contributed by atoms with Crippen LogP contribution in [-0.2, 0) is 11.3 Å². The number of ketones is 1. The minimum absolute atomic E-state index is 0.0552. The van der Waals surface area contributed by atoms with E-state index in [1.54, 1.807) is 24.3 Å². The molecule has 0 atom stereocenters. The molecule has 0 fully saturated rings. The monoisotopic (exact) mass is 355 g/mol. The zero-order valence-electron chi connectivity index (χ0n) is 14.5. The predicted molar refractivity (Wildman–Crippen MR) is 92.7 cm³/mol. The summed E-state index contributed by atoms with van der Waals surface area (Å²) in [7, 11) is 0. The average molecular weight is 355 g/mol. The van der Waals surface area contributed by atoms with Crippen LogP contribution in [0.1, 0.15) is 37.9 Å². The van der Waals surface area contributed by atoms with Crippen LogP contribution in [0.4, 0.5) is 4.39 Å². The molecule has 2 heterocycles. The molecule has 1 aromatic carbocycles. The number of esters is 1. The summed E-state index contributed by atoms with van der Waals surface area (Å²) in [6.07, 6.45) is 1.36. The van der Waals surface area contributed by atoms with Crippen LogP contribution in [0.15, 0.2) is 53.1 Å². The molecule has 6 heteroatoms. The van der Waals surface area contributed by atoms with Crippen LogP contribution in [0, 0.1) is 19.7 Å². The maximum Gasteiger partial charge on any atom is 0.374 e. The van der Waals surface area contributed by atoms with Crippen LogP contribution >= 0.6 is 0 Å². The molecule has 0 unspecified atom stereocenters. The van der Waals surface area contributed by atoms with Crippen molar-refractivity contribution in [3.05, 3.63) is 82.8 Å². The van der Waals surface area contributed by atoms with Gasteiger partial charge in [0.1, 0.15) is 5.82 Å². The summed E-state index contributed by atoms with van der Waals surface area (Å²) >= 11 is 0. The number of halogens is 1. The molecule has 0 bridgehead atoms. The Labute approximate surface area is 150 Å². The lowest BCUT2D eigenvalue weighted by molar-refractivity contribution is 0.0444. The van der Waals surface area contributed by atoms with Crippen molar-refractivity contribution < 1.29 is 23.1 Å². The minimum atomic E-state index is -0.677. The largest absolute Gasteiger partial charge is 0.457 e. The molecule has 3 aromatic rings. The minimum Gasteiger partial charge on any atom is -0.457 e. The third kappa shape index (κ3) is 3.74. The Morgan fingerprint density at radius 3 is 2.54 bits per heavy atom. The first-order chi connectivity index (χ1) is 12.5. The van der Waals surface area contributed by atoms with E-state index in [9.17, 15) is 14.0 Å². The maximum absolute atomic E-state index is 13.0. The van der Waals surface area contributed by atoms with Crippen molar-refractivity contribution in [1.82, 2.24) is 4.57 Å². The molecule has 0 saturated carbocycles. The smallest absolute Gasteiger partial charge is 0.374 e. The number of aryl methyl sites for hydroxylation is 1. The van der Waals surface area contributed by atoms with Crippen molar-refractivity contribution >= 4 is 11.8 Å². The van der Waals surface area contributed by atoms with Crippen molar-refractivity contribution in [2.24, 2.45) is 0 Å². The van der Waals surface area contributed by atoms with E-state index >= 15 is 0 Å². The Kier molecular flexibility index (Phi) is 5.02. The molecule has 134 valence electrons. The number of hydrogen-bond donors (Lipinski definition) is 0. The molecule has 0 saturated heterocycles. The third-order valence-corrected chi connectivity index (χ3v) is 4.18. The van der Waals surface area contributed by atoms with Crippen molar-refractivity contribution in [3.8, 4) is 0 Å². The zero-order chi connectivity index (χ0) is 18.7. The molecule has 5 nitrogen and oxygen atoms in total. The number of furan rings is 1. The van der Waals surface area contributed by atoms with E-state index in [1.165, 1.54) is 24.5 Å². The summed E-state index contributed by atoms with van der Waals surface area (Å²) in [6, 6.07) is 11.0. The van der Waals surface area contributed by atoms with E-state index in [4.69, 9.17) is 9.15 Å². The molecule has 26 heavy (non-hydrogen) atoms. The van der Waals surface area contributed by atoms with E-state index in [-0.39, 0.29) is 24.0 Å². The lowest BCUT2D eigenvalue weighted by Crippen LogP contribution is -2.15. The molecule has 0 radical (unpaired) electrons. The quantitative estimate of drug-likeness (QED) is 0.497. The summed E-state index contributed by atoms with van der Waals surface area (Å²) in [4.78, 5) is 24.2.